The van der Waals surface area contributed by atoms with E-state index in [0.29, 0.717) is 0 Å². The van der Waals surface area contributed by atoms with E-state index in [0.717, 1.165) is 0 Å². The van der Waals surface area contributed by atoms with E-state index >= 15 is 0 Å². The number of nitrogens with zero attached hydrogens (tertiary/aromatic N) is 1. The molecule has 3 N–H and O–H groups in total. The molecule has 0 atom stereocenters. The minimum absolute atomic E-state index is 0. The predicted molar refractivity (Wildman–Crippen MR) is 32.6 cm³/mol. The molecule has 0 aromatic rings. The number of hydrogen-bond donors (Lipinski definition) is 1. The van der Waals surface area contributed by atoms with Crippen molar-refractivity contribution in [2.24, 2.45) is 0 Å². The fourth-order valence-electron chi connectivity index (χ4n) is 0.145. The fourth-order valence-corrected chi connectivity index (χ4v) is 0.436. The van der Waals surface area contributed by atoms with E-state index < -0.39 is 21.0 Å². The molecule has 0 saturated carbocycles. The Morgan fingerprint density at radius 3 is 2.10 bits per heavy atom. The smallest absolute Gasteiger partial charge is 0.310 e. The molecule has 0 aliphatic rings. The van der Waals surface area contributed by atoms with Crippen LogP contribution >= 0.6 is 0 Å². The van der Waals surface area contributed by atoms with Crippen molar-refractivity contribution in [3.63, 3.8) is 0 Å². The van der Waals surface area contributed by atoms with E-state index in [1.54, 1.807) is 0 Å². The van der Waals surface area contributed by atoms with Crippen LogP contribution in [0.2, 0.25) is 0 Å². The molecule has 0 rings (SSSR count). The van der Waals surface area contributed by atoms with Crippen LogP contribution < -0.4 is 6.15 Å². The van der Waals surface area contributed by atoms with Crippen molar-refractivity contribution in [3.8, 4) is 0 Å². The molecule has 0 fully saturated rings. The second kappa shape index (κ2) is 4.01. The highest BCUT2D eigenvalue weighted by Gasteiger charge is 2.11. The lowest BCUT2D eigenvalue weighted by Gasteiger charge is -1.92. The third-order valence-electron chi connectivity index (χ3n) is 0.528. The molecule has 0 aromatic carbocycles. The van der Waals surface area contributed by atoms with Gasteiger partial charge in [0.2, 0.25) is 0 Å². The molecular formula is C2H8N2O5S. The maximum Gasteiger partial charge on any atom is 0.310 e. The van der Waals surface area contributed by atoms with Gasteiger partial charge in [-0.1, -0.05) is 0 Å². The zero-order valence-corrected chi connectivity index (χ0v) is 6.13. The van der Waals surface area contributed by atoms with E-state index in [2.05, 4.69) is 4.28 Å². The molecule has 8 heteroatoms. The minimum Gasteiger partial charge on any atom is -0.344 e. The lowest BCUT2D eigenvalue weighted by molar-refractivity contribution is -0.711. The molecule has 10 heavy (non-hydrogen) atoms. The van der Waals surface area contributed by atoms with Gasteiger partial charge < -0.3 is 6.15 Å². The van der Waals surface area contributed by atoms with Gasteiger partial charge in [-0.05, 0) is 6.92 Å². The van der Waals surface area contributed by atoms with E-state index in [4.69, 9.17) is 0 Å². The summed E-state index contributed by atoms with van der Waals surface area (Å²) in [6.45, 7) is 1.25. The Kier molecular flexibility index (Phi) is 4.75. The minimum atomic E-state index is -3.92. The summed E-state index contributed by atoms with van der Waals surface area (Å²) in [4.78, 5) is 9.38. The standard InChI is InChI=1S/C2H5NO5S.H3N/c1-2-9(6,7)8-3(4)5;/h2H2,1H3;1H3. The summed E-state index contributed by atoms with van der Waals surface area (Å²) in [6.07, 6.45) is 0. The van der Waals surface area contributed by atoms with Crippen molar-refractivity contribution in [1.29, 1.82) is 0 Å². The summed E-state index contributed by atoms with van der Waals surface area (Å²) >= 11 is 0. The average Bonchev–Trinajstić information content (AvgIpc) is 1.63. The van der Waals surface area contributed by atoms with E-state index in [9.17, 15) is 18.5 Å². The Morgan fingerprint density at radius 1 is 1.60 bits per heavy atom. The van der Waals surface area contributed by atoms with Gasteiger partial charge in [-0.15, -0.1) is 10.1 Å². The van der Waals surface area contributed by atoms with Crippen LogP contribution in [0.25, 0.3) is 0 Å². The molecule has 0 heterocycles. The van der Waals surface area contributed by atoms with Gasteiger partial charge >= 0.3 is 15.2 Å². The molecule has 0 radical (unpaired) electrons. The SMILES string of the molecule is CCS(=O)(=O)O[N+](=O)[O-].N. The van der Waals surface area contributed by atoms with Crippen LogP contribution in [0.4, 0.5) is 0 Å². The summed E-state index contributed by atoms with van der Waals surface area (Å²) in [5.41, 5.74) is 0. The zero-order valence-electron chi connectivity index (χ0n) is 5.31. The molecule has 0 aliphatic carbocycles. The Labute approximate surface area is 57.8 Å². The van der Waals surface area contributed by atoms with Crippen LogP contribution in [-0.4, -0.2) is 19.3 Å². The molecule has 0 spiro atoms. The highest BCUT2D eigenvalue weighted by molar-refractivity contribution is 7.86. The van der Waals surface area contributed by atoms with Gasteiger partial charge in [-0.2, -0.15) is 4.28 Å². The van der Waals surface area contributed by atoms with Crippen LogP contribution in [-0.2, 0) is 14.4 Å². The first kappa shape index (κ1) is 11.9. The Bertz CT molecular complexity index is 196. The predicted octanol–water partition coefficient (Wildman–Crippen LogP) is -0.294. The van der Waals surface area contributed by atoms with Gasteiger partial charge in [0.25, 0.3) is 0 Å². The van der Waals surface area contributed by atoms with Gasteiger partial charge in [0.1, 0.15) is 0 Å². The van der Waals surface area contributed by atoms with Crippen molar-refractivity contribution < 1.29 is 17.8 Å². The first-order chi connectivity index (χ1) is 3.98. The van der Waals surface area contributed by atoms with Gasteiger partial charge in [-0.3, -0.25) is 0 Å². The molecule has 62 valence electrons. The van der Waals surface area contributed by atoms with Crippen molar-refractivity contribution in [2.45, 2.75) is 6.92 Å². The van der Waals surface area contributed by atoms with Crippen molar-refractivity contribution in [1.82, 2.24) is 6.15 Å². The summed E-state index contributed by atoms with van der Waals surface area (Å²) < 4.78 is 23.6. The molecule has 0 unspecified atom stereocenters. The topological polar surface area (TPSA) is 122 Å². The Morgan fingerprint density at radius 2 is 2.00 bits per heavy atom. The molecule has 0 aromatic heterocycles. The van der Waals surface area contributed by atoms with Gasteiger partial charge in [-0.25, -0.2) is 8.42 Å². The molecule has 0 bridgehead atoms. The summed E-state index contributed by atoms with van der Waals surface area (Å²) in [5.74, 6) is -0.395. The first-order valence-electron chi connectivity index (χ1n) is 2.04. The fraction of sp³-hybridized carbons (Fsp3) is 1.00. The van der Waals surface area contributed by atoms with E-state index in [1.807, 2.05) is 0 Å². The quantitative estimate of drug-likeness (QED) is 0.461. The second-order valence-electron chi connectivity index (χ2n) is 1.14. The largest absolute Gasteiger partial charge is 0.344 e. The summed E-state index contributed by atoms with van der Waals surface area (Å²) in [6, 6.07) is 0. The Hall–Kier alpha value is -0.890. The summed E-state index contributed by atoms with van der Waals surface area (Å²) in [5, 5.41) is 8.03. The zero-order chi connectivity index (χ0) is 7.49. The van der Waals surface area contributed by atoms with Crippen LogP contribution in [0.1, 0.15) is 6.92 Å². The summed E-state index contributed by atoms with van der Waals surface area (Å²) in [7, 11) is -3.92. The number of hydrogen-bond acceptors (Lipinski definition) is 6. The van der Waals surface area contributed by atoms with Gasteiger partial charge in [0, 0.05) is 0 Å². The van der Waals surface area contributed by atoms with Gasteiger partial charge in [0.15, 0.2) is 0 Å². The average molecular weight is 172 g/mol. The second-order valence-corrected chi connectivity index (χ2v) is 2.99. The molecular weight excluding hydrogens is 164 g/mol. The van der Waals surface area contributed by atoms with Crippen LogP contribution in [0.3, 0.4) is 0 Å². The molecule has 0 aliphatic heterocycles. The van der Waals surface area contributed by atoms with Crippen LogP contribution in [0.5, 0.6) is 0 Å². The highest BCUT2D eigenvalue weighted by Crippen LogP contribution is 1.90. The molecule has 0 amide bonds. The lowest BCUT2D eigenvalue weighted by atomic mass is 11.0. The van der Waals surface area contributed by atoms with Crippen molar-refractivity contribution >= 4 is 10.1 Å². The van der Waals surface area contributed by atoms with Gasteiger partial charge in [0.05, 0.1) is 5.75 Å². The highest BCUT2D eigenvalue weighted by atomic mass is 32.2. The maximum atomic E-state index is 10.1. The molecule has 0 saturated heterocycles. The van der Waals surface area contributed by atoms with E-state index in [1.165, 1.54) is 6.92 Å². The Balaban J connectivity index is 0. The number of rotatable bonds is 3. The third kappa shape index (κ3) is 5.25. The third-order valence-corrected chi connectivity index (χ3v) is 1.58. The van der Waals surface area contributed by atoms with Crippen molar-refractivity contribution in [3.05, 3.63) is 10.1 Å². The lowest BCUT2D eigenvalue weighted by Crippen LogP contribution is -2.12. The van der Waals surface area contributed by atoms with E-state index in [-0.39, 0.29) is 6.15 Å². The van der Waals surface area contributed by atoms with Crippen LogP contribution in [0, 0.1) is 10.1 Å². The maximum absolute atomic E-state index is 10.1. The van der Waals surface area contributed by atoms with Crippen LogP contribution in [0.15, 0.2) is 0 Å². The molecule has 7 nitrogen and oxygen atoms in total. The normalized spacial score (nSPS) is 9.70. The first-order valence-corrected chi connectivity index (χ1v) is 3.62. The van der Waals surface area contributed by atoms with Crippen molar-refractivity contribution in [2.75, 3.05) is 5.75 Å². The monoisotopic (exact) mass is 172 g/mol.